The number of hydrogen-bond donors (Lipinski definition) is 2. The number of anilines is 4. The molecular formula is C26H32N8O3S. The fourth-order valence-electron chi connectivity index (χ4n) is 4.60. The van der Waals surface area contributed by atoms with E-state index in [9.17, 15) is 8.42 Å². The number of piperazine rings is 1. The normalized spacial score (nSPS) is 16.0. The van der Waals surface area contributed by atoms with Gasteiger partial charge in [-0.05, 0) is 31.2 Å². The first kappa shape index (κ1) is 25.7. The number of hydrogen-bond acceptors (Lipinski definition) is 9. The van der Waals surface area contributed by atoms with E-state index < -0.39 is 10.0 Å². The van der Waals surface area contributed by atoms with E-state index in [0.717, 1.165) is 48.2 Å². The predicted molar refractivity (Wildman–Crippen MR) is 150 cm³/mol. The molecule has 3 aromatic heterocycles. The molecule has 2 N–H and O–H groups in total. The van der Waals surface area contributed by atoms with Crippen LogP contribution in [0.5, 0.6) is 5.75 Å². The summed E-state index contributed by atoms with van der Waals surface area (Å²) in [6, 6.07) is 12.1. The Morgan fingerprint density at radius 1 is 1.24 bits per heavy atom. The first-order chi connectivity index (χ1) is 18.2. The zero-order chi connectivity index (χ0) is 26.9. The van der Waals surface area contributed by atoms with Crippen molar-refractivity contribution in [2.75, 3.05) is 54.6 Å². The molecule has 0 aliphatic carbocycles. The van der Waals surface area contributed by atoms with Crippen LogP contribution >= 0.6 is 0 Å². The lowest BCUT2D eigenvalue weighted by atomic mass is 10.2. The van der Waals surface area contributed by atoms with Crippen molar-refractivity contribution in [1.82, 2.24) is 24.8 Å². The van der Waals surface area contributed by atoms with E-state index >= 15 is 0 Å². The van der Waals surface area contributed by atoms with Gasteiger partial charge in [0.15, 0.2) is 0 Å². The molecule has 4 aromatic rings. The molecule has 0 radical (unpaired) electrons. The minimum absolute atomic E-state index is 0.382. The highest BCUT2D eigenvalue weighted by Gasteiger charge is 2.19. The smallest absolute Gasteiger partial charge is 0.233 e. The van der Waals surface area contributed by atoms with Crippen molar-refractivity contribution < 1.29 is 13.2 Å². The number of aromatic nitrogens is 4. The summed E-state index contributed by atoms with van der Waals surface area (Å²) in [5, 5.41) is 7.63. The summed E-state index contributed by atoms with van der Waals surface area (Å²) in [6.45, 7) is 5.40. The molecule has 200 valence electrons. The van der Waals surface area contributed by atoms with Gasteiger partial charge in [0.2, 0.25) is 16.0 Å². The van der Waals surface area contributed by atoms with E-state index in [2.05, 4.69) is 38.5 Å². The van der Waals surface area contributed by atoms with Gasteiger partial charge in [0, 0.05) is 74.0 Å². The van der Waals surface area contributed by atoms with Crippen LogP contribution in [0.3, 0.4) is 0 Å². The SMILES string of the molecule is COc1cc(N2CCN[C@@H](C)C2)ccc1Nc1ncc2ccn(Cc3cccnc3N(C)S(C)(=O)=O)c2n1. The quantitative estimate of drug-likeness (QED) is 0.350. The zero-order valence-corrected chi connectivity index (χ0v) is 22.7. The third kappa shape index (κ3) is 5.36. The molecule has 12 heteroatoms. The number of methoxy groups -OCH3 is 1. The van der Waals surface area contributed by atoms with Crippen LogP contribution in [-0.2, 0) is 16.6 Å². The summed E-state index contributed by atoms with van der Waals surface area (Å²) in [7, 11) is -0.301. The minimum Gasteiger partial charge on any atom is -0.494 e. The Balaban J connectivity index is 1.41. The van der Waals surface area contributed by atoms with Crippen LogP contribution in [-0.4, -0.2) is 74.0 Å². The molecule has 1 fully saturated rings. The molecule has 0 amide bonds. The molecule has 11 nitrogen and oxygen atoms in total. The number of nitrogens with one attached hydrogen (secondary N) is 2. The number of benzene rings is 1. The molecule has 1 aliphatic rings. The maximum Gasteiger partial charge on any atom is 0.233 e. The third-order valence-electron chi connectivity index (χ3n) is 6.67. The molecular weight excluding hydrogens is 504 g/mol. The molecule has 0 spiro atoms. The predicted octanol–water partition coefficient (Wildman–Crippen LogP) is 2.82. The van der Waals surface area contributed by atoms with E-state index in [1.165, 1.54) is 11.4 Å². The second-order valence-corrected chi connectivity index (χ2v) is 11.5. The van der Waals surface area contributed by atoms with Crippen LogP contribution in [0.15, 0.2) is 55.0 Å². The molecule has 1 saturated heterocycles. The van der Waals surface area contributed by atoms with Crippen molar-refractivity contribution in [3.63, 3.8) is 0 Å². The van der Waals surface area contributed by atoms with Crippen molar-refractivity contribution in [2.24, 2.45) is 0 Å². The van der Waals surface area contributed by atoms with Crippen LogP contribution in [0.4, 0.5) is 23.1 Å². The number of sulfonamides is 1. The van der Waals surface area contributed by atoms with Crippen molar-refractivity contribution in [3.8, 4) is 5.75 Å². The topological polar surface area (TPSA) is 118 Å². The van der Waals surface area contributed by atoms with Gasteiger partial charge in [-0.3, -0.25) is 4.31 Å². The summed E-state index contributed by atoms with van der Waals surface area (Å²) in [4.78, 5) is 15.9. The minimum atomic E-state index is -3.45. The summed E-state index contributed by atoms with van der Waals surface area (Å²) < 4.78 is 33.1. The van der Waals surface area contributed by atoms with Gasteiger partial charge >= 0.3 is 0 Å². The Kier molecular flexibility index (Phi) is 7.09. The van der Waals surface area contributed by atoms with Gasteiger partial charge < -0.3 is 24.8 Å². The van der Waals surface area contributed by atoms with E-state index in [0.29, 0.717) is 35.7 Å². The first-order valence-corrected chi connectivity index (χ1v) is 14.2. The van der Waals surface area contributed by atoms with Gasteiger partial charge in [0.05, 0.1) is 25.6 Å². The molecule has 38 heavy (non-hydrogen) atoms. The van der Waals surface area contributed by atoms with E-state index in [1.54, 1.807) is 25.6 Å². The van der Waals surface area contributed by atoms with Crippen LogP contribution in [0.1, 0.15) is 12.5 Å². The second kappa shape index (κ2) is 10.5. The Morgan fingerprint density at radius 2 is 2.08 bits per heavy atom. The van der Waals surface area contributed by atoms with Gasteiger partial charge in [0.1, 0.15) is 17.2 Å². The fraction of sp³-hybridized carbons (Fsp3) is 0.346. The summed E-state index contributed by atoms with van der Waals surface area (Å²) in [6.07, 6.45) is 6.41. The zero-order valence-electron chi connectivity index (χ0n) is 21.9. The van der Waals surface area contributed by atoms with E-state index in [4.69, 9.17) is 9.72 Å². The van der Waals surface area contributed by atoms with Gasteiger partial charge in [-0.1, -0.05) is 6.07 Å². The van der Waals surface area contributed by atoms with Gasteiger partial charge in [-0.25, -0.2) is 18.4 Å². The Bertz CT molecular complexity index is 1560. The lowest BCUT2D eigenvalue weighted by Crippen LogP contribution is -2.49. The van der Waals surface area contributed by atoms with Gasteiger partial charge in [-0.15, -0.1) is 0 Å². The maximum atomic E-state index is 12.1. The number of rotatable bonds is 8. The Morgan fingerprint density at radius 3 is 2.84 bits per heavy atom. The highest BCUT2D eigenvalue weighted by atomic mass is 32.2. The number of fused-ring (bicyclic) bond motifs is 1. The monoisotopic (exact) mass is 536 g/mol. The molecule has 0 saturated carbocycles. The average Bonchev–Trinajstić information content (AvgIpc) is 3.30. The molecule has 1 atom stereocenters. The van der Waals surface area contributed by atoms with Gasteiger partial charge in [0.25, 0.3) is 0 Å². The number of nitrogens with zero attached hydrogens (tertiary/aromatic N) is 6. The molecule has 4 heterocycles. The fourth-order valence-corrected chi connectivity index (χ4v) is 5.08. The van der Waals surface area contributed by atoms with Crippen molar-refractivity contribution in [1.29, 1.82) is 0 Å². The maximum absolute atomic E-state index is 12.1. The van der Waals surface area contributed by atoms with Crippen molar-refractivity contribution in [3.05, 3.63) is 60.6 Å². The number of ether oxygens (including phenoxy) is 1. The summed E-state index contributed by atoms with van der Waals surface area (Å²) in [5.74, 6) is 1.52. The lowest BCUT2D eigenvalue weighted by molar-refractivity contribution is 0.416. The van der Waals surface area contributed by atoms with Crippen LogP contribution < -0.4 is 24.6 Å². The molecule has 1 aromatic carbocycles. The van der Waals surface area contributed by atoms with Crippen molar-refractivity contribution >= 4 is 44.2 Å². The third-order valence-corrected chi connectivity index (χ3v) is 7.84. The van der Waals surface area contributed by atoms with Crippen molar-refractivity contribution in [2.45, 2.75) is 19.5 Å². The molecule has 1 aliphatic heterocycles. The van der Waals surface area contributed by atoms with Gasteiger partial charge in [-0.2, -0.15) is 4.98 Å². The second-order valence-electron chi connectivity index (χ2n) is 9.44. The van der Waals surface area contributed by atoms with E-state index in [1.807, 2.05) is 35.0 Å². The van der Waals surface area contributed by atoms with E-state index in [-0.39, 0.29) is 0 Å². The Hall–Kier alpha value is -3.90. The lowest BCUT2D eigenvalue weighted by Gasteiger charge is -2.34. The average molecular weight is 537 g/mol. The molecule has 0 bridgehead atoms. The Labute approximate surface area is 222 Å². The standard InChI is InChI=1S/C26H32N8O3S/c1-18-16-33(13-11-27-18)21-7-8-22(23(14-21)37-3)30-26-29-15-19-9-12-34(25(19)31-26)17-20-6-5-10-28-24(20)32(2)38(4,35)36/h5-10,12,14-15,18,27H,11,13,16-17H2,1-4H3,(H,29,30,31)/t18-/m0/s1. The first-order valence-electron chi connectivity index (χ1n) is 12.4. The highest BCUT2D eigenvalue weighted by Crippen LogP contribution is 2.32. The summed E-state index contributed by atoms with van der Waals surface area (Å²) in [5.41, 5.74) is 3.34. The largest absolute Gasteiger partial charge is 0.494 e. The number of pyridine rings is 1. The van der Waals surface area contributed by atoms with Crippen LogP contribution in [0.25, 0.3) is 11.0 Å². The molecule has 5 rings (SSSR count). The van der Waals surface area contributed by atoms with Crippen LogP contribution in [0.2, 0.25) is 0 Å². The summed E-state index contributed by atoms with van der Waals surface area (Å²) >= 11 is 0. The molecule has 0 unspecified atom stereocenters. The highest BCUT2D eigenvalue weighted by molar-refractivity contribution is 7.92. The van der Waals surface area contributed by atoms with Crippen LogP contribution in [0, 0.1) is 0 Å².